The average Bonchev–Trinajstić information content (AvgIpc) is 3.24. The number of amides is 1. The Bertz CT molecular complexity index is 1090. The summed E-state index contributed by atoms with van der Waals surface area (Å²) in [5.74, 6) is 0.890. The lowest BCUT2D eigenvalue weighted by Crippen LogP contribution is -2.62. The number of nitrogens with zero attached hydrogens (tertiary/aromatic N) is 1. The van der Waals surface area contributed by atoms with Gasteiger partial charge in [-0.25, -0.2) is 0 Å². The van der Waals surface area contributed by atoms with Gasteiger partial charge in [0.25, 0.3) is 10.1 Å². The van der Waals surface area contributed by atoms with Gasteiger partial charge >= 0.3 is 0 Å². The van der Waals surface area contributed by atoms with Crippen molar-refractivity contribution in [1.29, 1.82) is 0 Å². The molecular formula is C32H59N2O8S+. The summed E-state index contributed by atoms with van der Waals surface area (Å²) in [4.78, 5) is 12.7. The van der Waals surface area contributed by atoms with Crippen LogP contribution in [-0.4, -0.2) is 108 Å². The SMILES string of the molecule is C[C@H](CCC(=O)NCCC[N+](C)(C)CC(O)CS(=O)(=O)O)C1CC[C@H]2[C@H]3[C@H](O)C[C@H]4C[C@H](O)CC[C@]4(C)[C@@H]3C[C@H](O)[C@@]12C. The van der Waals surface area contributed by atoms with Gasteiger partial charge in [-0.15, -0.1) is 0 Å². The van der Waals surface area contributed by atoms with Gasteiger partial charge in [0, 0.05) is 19.4 Å². The van der Waals surface area contributed by atoms with Crippen molar-refractivity contribution in [2.75, 3.05) is 39.5 Å². The monoisotopic (exact) mass is 631 g/mol. The summed E-state index contributed by atoms with van der Waals surface area (Å²) >= 11 is 0. The highest BCUT2D eigenvalue weighted by atomic mass is 32.2. The molecule has 10 nitrogen and oxygen atoms in total. The van der Waals surface area contributed by atoms with Crippen LogP contribution in [0.15, 0.2) is 0 Å². The molecule has 0 radical (unpaired) electrons. The van der Waals surface area contributed by atoms with Crippen molar-refractivity contribution in [2.45, 2.75) is 109 Å². The van der Waals surface area contributed by atoms with E-state index >= 15 is 0 Å². The summed E-state index contributed by atoms with van der Waals surface area (Å²) in [6, 6.07) is 0. The first-order chi connectivity index (χ1) is 19.9. The Balaban J connectivity index is 1.27. The van der Waals surface area contributed by atoms with Crippen LogP contribution in [-0.2, 0) is 14.9 Å². The lowest BCUT2D eigenvalue weighted by Gasteiger charge is -2.63. The predicted molar refractivity (Wildman–Crippen MR) is 164 cm³/mol. The van der Waals surface area contributed by atoms with E-state index in [2.05, 4.69) is 26.1 Å². The zero-order valence-electron chi connectivity index (χ0n) is 27.0. The first-order valence-corrected chi connectivity index (χ1v) is 18.2. The molecule has 4 rings (SSSR count). The van der Waals surface area contributed by atoms with Gasteiger partial charge in [-0.3, -0.25) is 9.35 Å². The van der Waals surface area contributed by atoms with Crippen molar-refractivity contribution >= 4 is 16.0 Å². The highest BCUT2D eigenvalue weighted by Crippen LogP contribution is 2.68. The van der Waals surface area contributed by atoms with Crippen LogP contribution >= 0.6 is 0 Å². The molecule has 2 unspecified atom stereocenters. The Morgan fingerprint density at radius 2 is 1.74 bits per heavy atom. The van der Waals surface area contributed by atoms with Gasteiger partial charge in [-0.1, -0.05) is 20.8 Å². The summed E-state index contributed by atoms with van der Waals surface area (Å²) in [6.45, 7) is 8.10. The van der Waals surface area contributed by atoms with Gasteiger partial charge < -0.3 is 30.2 Å². The molecule has 0 heterocycles. The van der Waals surface area contributed by atoms with E-state index in [9.17, 15) is 33.6 Å². The van der Waals surface area contributed by atoms with E-state index in [0.717, 1.165) is 44.9 Å². The Morgan fingerprint density at radius 3 is 2.42 bits per heavy atom. The van der Waals surface area contributed by atoms with Crippen LogP contribution in [0.25, 0.3) is 0 Å². The minimum atomic E-state index is -4.23. The molecule has 4 aliphatic rings. The third-order valence-electron chi connectivity index (χ3n) is 12.7. The zero-order valence-corrected chi connectivity index (χ0v) is 27.8. The molecule has 1 amide bonds. The molecule has 11 heteroatoms. The fraction of sp³-hybridized carbons (Fsp3) is 0.969. The molecule has 4 aliphatic carbocycles. The molecule has 0 spiro atoms. The second-order valence-corrected chi connectivity index (χ2v) is 17.5. The predicted octanol–water partition coefficient (Wildman–Crippen LogP) is 2.20. The number of quaternary nitrogens is 1. The van der Waals surface area contributed by atoms with E-state index in [1.807, 2.05) is 14.1 Å². The molecule has 0 aliphatic heterocycles. The second-order valence-electron chi connectivity index (χ2n) is 16.0. The van der Waals surface area contributed by atoms with Crippen molar-refractivity contribution in [2.24, 2.45) is 46.3 Å². The van der Waals surface area contributed by atoms with Gasteiger partial charge in [-0.2, -0.15) is 8.42 Å². The van der Waals surface area contributed by atoms with E-state index < -0.39 is 28.1 Å². The maximum atomic E-state index is 12.7. The number of hydrogen-bond acceptors (Lipinski definition) is 7. The molecular weight excluding hydrogens is 572 g/mol. The van der Waals surface area contributed by atoms with Crippen LogP contribution < -0.4 is 5.32 Å². The van der Waals surface area contributed by atoms with E-state index in [4.69, 9.17) is 4.55 Å². The number of aliphatic hydroxyl groups excluding tert-OH is 4. The fourth-order valence-electron chi connectivity index (χ4n) is 10.5. The molecule has 0 bridgehead atoms. The highest BCUT2D eigenvalue weighted by Gasteiger charge is 2.65. The topological polar surface area (TPSA) is 164 Å². The van der Waals surface area contributed by atoms with Gasteiger partial charge in [-0.05, 0) is 97.7 Å². The van der Waals surface area contributed by atoms with E-state index in [-0.39, 0.29) is 59.2 Å². The summed E-state index contributed by atoms with van der Waals surface area (Å²) in [5.41, 5.74) is -0.222. The Hall–Kier alpha value is -0.820. The zero-order chi connectivity index (χ0) is 32.0. The molecule has 0 aromatic heterocycles. The van der Waals surface area contributed by atoms with Crippen molar-refractivity contribution in [3.05, 3.63) is 0 Å². The molecule has 0 saturated heterocycles. The van der Waals surface area contributed by atoms with Crippen molar-refractivity contribution in [3.8, 4) is 0 Å². The number of carbonyl (C=O) groups excluding carboxylic acids is 1. The van der Waals surface area contributed by atoms with Gasteiger partial charge in [0.15, 0.2) is 0 Å². The second kappa shape index (κ2) is 13.1. The Labute approximate surface area is 259 Å². The number of rotatable bonds is 12. The summed E-state index contributed by atoms with van der Waals surface area (Å²) in [7, 11) is -0.484. The first kappa shape index (κ1) is 35.0. The summed E-state index contributed by atoms with van der Waals surface area (Å²) in [6.07, 6.45) is 5.56. The number of hydrogen-bond donors (Lipinski definition) is 6. The Morgan fingerprint density at radius 1 is 1.05 bits per heavy atom. The van der Waals surface area contributed by atoms with Gasteiger partial charge in [0.05, 0.1) is 39.0 Å². The van der Waals surface area contributed by atoms with E-state index in [0.29, 0.717) is 48.7 Å². The third-order valence-corrected chi connectivity index (χ3v) is 13.5. The molecule has 43 heavy (non-hydrogen) atoms. The first-order valence-electron chi connectivity index (χ1n) is 16.6. The number of aliphatic hydroxyl groups is 4. The van der Waals surface area contributed by atoms with Crippen molar-refractivity contribution in [1.82, 2.24) is 5.32 Å². The van der Waals surface area contributed by atoms with Gasteiger partial charge in [0.1, 0.15) is 18.4 Å². The largest absolute Gasteiger partial charge is 0.393 e. The average molecular weight is 632 g/mol. The smallest absolute Gasteiger partial charge is 0.267 e. The highest BCUT2D eigenvalue weighted by molar-refractivity contribution is 7.85. The maximum Gasteiger partial charge on any atom is 0.267 e. The number of nitrogens with one attached hydrogen (secondary N) is 1. The maximum absolute atomic E-state index is 12.7. The normalized spacial score (nSPS) is 41.1. The van der Waals surface area contributed by atoms with Crippen molar-refractivity contribution in [3.63, 3.8) is 0 Å². The number of carbonyl (C=O) groups is 1. The molecule has 0 aromatic carbocycles. The summed E-state index contributed by atoms with van der Waals surface area (Å²) < 4.78 is 31.3. The summed E-state index contributed by atoms with van der Waals surface area (Å²) in [5, 5.41) is 46.5. The fourth-order valence-corrected chi connectivity index (χ4v) is 11.1. The number of likely N-dealkylation sites (N-methyl/N-ethyl adjacent to an activating group) is 1. The Kier molecular flexibility index (Phi) is 10.7. The van der Waals surface area contributed by atoms with Crippen LogP contribution in [0.4, 0.5) is 0 Å². The van der Waals surface area contributed by atoms with Gasteiger partial charge in [0.2, 0.25) is 5.91 Å². The van der Waals surface area contributed by atoms with Crippen LogP contribution in [0.2, 0.25) is 0 Å². The van der Waals surface area contributed by atoms with Crippen LogP contribution in [0, 0.1) is 46.3 Å². The minimum absolute atomic E-state index is 0.00585. The van der Waals surface area contributed by atoms with E-state index in [1.165, 1.54) is 0 Å². The quantitative estimate of drug-likeness (QED) is 0.108. The minimum Gasteiger partial charge on any atom is -0.393 e. The molecule has 4 fully saturated rings. The van der Waals surface area contributed by atoms with Crippen LogP contribution in [0.1, 0.15) is 85.0 Å². The lowest BCUT2D eigenvalue weighted by atomic mass is 9.43. The standard InChI is InChI=1S/C32H58N2O8S/c1-20(7-10-29(39)33-13-6-14-34(4,5)18-23(36)19-43(40,41)42)24-8-9-25-30-26(17-28(38)32(24,25)3)31(2)12-11-22(35)15-21(31)16-27(30)37/h20-28,30,35-38H,6-19H2,1-5H3,(H-,33,39,40,41,42)/p+1/t20-,21-,22-,23?,24?,25+,26-,27-,28+,30-,31+,32+/m1/s1. The number of fused-ring (bicyclic) bond motifs is 5. The molecule has 12 atom stereocenters. The molecule has 4 saturated carbocycles. The van der Waals surface area contributed by atoms with E-state index in [1.54, 1.807) is 0 Å². The van der Waals surface area contributed by atoms with Crippen LogP contribution in [0.5, 0.6) is 0 Å². The van der Waals surface area contributed by atoms with Crippen molar-refractivity contribution < 1.29 is 42.7 Å². The molecule has 250 valence electrons. The molecule has 0 aromatic rings. The third kappa shape index (κ3) is 7.60. The lowest BCUT2D eigenvalue weighted by molar-refractivity contribution is -0.893. The molecule has 6 N–H and O–H groups in total. The van der Waals surface area contributed by atoms with Crippen LogP contribution in [0.3, 0.4) is 0 Å².